The summed E-state index contributed by atoms with van der Waals surface area (Å²) in [6.45, 7) is 1.88. The highest BCUT2D eigenvalue weighted by molar-refractivity contribution is 7.90. The molecule has 1 unspecified atom stereocenters. The monoisotopic (exact) mass is 557 g/mol. The smallest absolute Gasteiger partial charge is 0.329 e. The molecule has 4 rings (SSSR count). The van der Waals surface area contributed by atoms with Crippen LogP contribution in [0, 0.1) is 6.92 Å². The number of aryl methyl sites for hydroxylation is 1. The number of sulfonamides is 1. The Bertz CT molecular complexity index is 1540. The Morgan fingerprint density at radius 3 is 1.98 bits per heavy atom. The maximum atomic E-state index is 14.1. The van der Waals surface area contributed by atoms with E-state index < -0.39 is 28.0 Å². The van der Waals surface area contributed by atoms with Crippen LogP contribution >= 0.6 is 0 Å². The maximum absolute atomic E-state index is 14.1. The second-order valence-electron chi connectivity index (χ2n) is 9.19. The number of anilines is 1. The first kappa shape index (κ1) is 28.4. The van der Waals surface area contributed by atoms with Crippen molar-refractivity contribution < 1.29 is 22.7 Å². The minimum absolute atomic E-state index is 0.0139. The molecule has 0 saturated carbocycles. The highest BCUT2D eigenvalue weighted by Crippen LogP contribution is 2.23. The zero-order valence-electron chi connectivity index (χ0n) is 22.3. The molecule has 4 aromatic rings. The van der Waals surface area contributed by atoms with Gasteiger partial charge >= 0.3 is 6.03 Å². The van der Waals surface area contributed by atoms with Gasteiger partial charge in [-0.25, -0.2) is 17.9 Å². The molecule has 8 nitrogen and oxygen atoms in total. The molecule has 40 heavy (non-hydrogen) atoms. The van der Waals surface area contributed by atoms with Crippen LogP contribution < -0.4 is 19.7 Å². The molecule has 0 aliphatic carbocycles. The predicted molar refractivity (Wildman–Crippen MR) is 155 cm³/mol. The van der Waals surface area contributed by atoms with E-state index in [1.54, 1.807) is 61.4 Å². The zero-order chi connectivity index (χ0) is 28.5. The number of carbonyl (C=O) groups excluding carboxylic acids is 2. The number of nitrogens with zero attached hydrogens (tertiary/aromatic N) is 1. The SMILES string of the molecule is COc1ccc(N(Cc2ccccc2)C(=O)C(Cc2ccccc2)NC(=O)NS(=O)(=O)c2ccccc2C)cc1. The predicted octanol–water partition coefficient (Wildman–Crippen LogP) is 4.84. The molecule has 0 heterocycles. The third-order valence-corrected chi connectivity index (χ3v) is 7.82. The Hall–Kier alpha value is -4.63. The summed E-state index contributed by atoms with van der Waals surface area (Å²) >= 11 is 0. The fourth-order valence-electron chi connectivity index (χ4n) is 4.29. The molecule has 0 aromatic heterocycles. The first-order chi connectivity index (χ1) is 19.3. The number of carbonyl (C=O) groups is 2. The lowest BCUT2D eigenvalue weighted by Crippen LogP contribution is -2.53. The van der Waals surface area contributed by atoms with Crippen molar-refractivity contribution in [3.63, 3.8) is 0 Å². The molecule has 0 aliphatic heterocycles. The van der Waals surface area contributed by atoms with E-state index in [0.717, 1.165) is 11.1 Å². The van der Waals surface area contributed by atoms with Crippen molar-refractivity contribution in [1.82, 2.24) is 10.0 Å². The van der Waals surface area contributed by atoms with Crippen LogP contribution in [0.2, 0.25) is 0 Å². The van der Waals surface area contributed by atoms with Gasteiger partial charge in [-0.1, -0.05) is 78.9 Å². The number of benzene rings is 4. The van der Waals surface area contributed by atoms with Gasteiger partial charge in [0.15, 0.2) is 0 Å². The van der Waals surface area contributed by atoms with Crippen LogP contribution in [0.5, 0.6) is 5.75 Å². The summed E-state index contributed by atoms with van der Waals surface area (Å²) in [5, 5.41) is 2.62. The normalized spacial score (nSPS) is 11.8. The third kappa shape index (κ3) is 7.27. The summed E-state index contributed by atoms with van der Waals surface area (Å²) in [5.41, 5.74) is 2.78. The highest BCUT2D eigenvalue weighted by atomic mass is 32.2. The topological polar surface area (TPSA) is 105 Å². The molecule has 0 aliphatic rings. The second-order valence-corrected chi connectivity index (χ2v) is 10.8. The average Bonchev–Trinajstić information content (AvgIpc) is 2.96. The number of ether oxygens (including phenoxy) is 1. The standard InChI is InChI=1S/C31H31N3O5S/c1-23-11-9-10-16-29(23)40(37,38)33-31(36)32-28(21-24-12-5-3-6-13-24)30(35)34(22-25-14-7-4-8-15-25)26-17-19-27(39-2)20-18-26/h3-20,28H,21-22H2,1-2H3,(H2,32,33,36). The molecule has 0 radical (unpaired) electrons. The van der Waals surface area contributed by atoms with E-state index in [4.69, 9.17) is 4.74 Å². The van der Waals surface area contributed by atoms with Crippen molar-refractivity contribution in [2.24, 2.45) is 0 Å². The third-order valence-electron chi connectivity index (χ3n) is 6.33. The van der Waals surface area contributed by atoms with Gasteiger partial charge in [-0.3, -0.25) is 4.79 Å². The van der Waals surface area contributed by atoms with Crippen LogP contribution in [0.4, 0.5) is 10.5 Å². The summed E-state index contributed by atoms with van der Waals surface area (Å²) < 4.78 is 33.2. The van der Waals surface area contributed by atoms with Gasteiger partial charge in [0, 0.05) is 12.1 Å². The minimum atomic E-state index is -4.16. The van der Waals surface area contributed by atoms with E-state index in [1.807, 2.05) is 60.7 Å². The minimum Gasteiger partial charge on any atom is -0.497 e. The Kier molecular flexibility index (Phi) is 9.19. The summed E-state index contributed by atoms with van der Waals surface area (Å²) in [4.78, 5) is 28.7. The van der Waals surface area contributed by atoms with E-state index in [2.05, 4.69) is 10.0 Å². The van der Waals surface area contributed by atoms with E-state index in [9.17, 15) is 18.0 Å². The van der Waals surface area contributed by atoms with Crippen molar-refractivity contribution in [3.8, 4) is 5.75 Å². The van der Waals surface area contributed by atoms with E-state index in [-0.39, 0.29) is 17.9 Å². The van der Waals surface area contributed by atoms with Crippen LogP contribution in [-0.2, 0) is 27.8 Å². The number of amides is 3. The number of hydrogen-bond acceptors (Lipinski definition) is 5. The van der Waals surface area contributed by atoms with Crippen LogP contribution in [0.3, 0.4) is 0 Å². The largest absolute Gasteiger partial charge is 0.497 e. The number of nitrogens with one attached hydrogen (secondary N) is 2. The number of hydrogen-bond donors (Lipinski definition) is 2. The molecular formula is C31H31N3O5S. The van der Waals surface area contributed by atoms with Crippen LogP contribution in [0.25, 0.3) is 0 Å². The quantitative estimate of drug-likeness (QED) is 0.291. The molecule has 0 saturated heterocycles. The van der Waals surface area contributed by atoms with Gasteiger partial charge in [-0.2, -0.15) is 0 Å². The zero-order valence-corrected chi connectivity index (χ0v) is 23.1. The van der Waals surface area contributed by atoms with E-state index in [0.29, 0.717) is 17.0 Å². The molecule has 0 spiro atoms. The van der Waals surface area contributed by atoms with Crippen molar-refractivity contribution >= 4 is 27.6 Å². The lowest BCUT2D eigenvalue weighted by molar-refractivity contribution is -0.120. The van der Waals surface area contributed by atoms with Crippen molar-refractivity contribution in [2.45, 2.75) is 30.8 Å². The maximum Gasteiger partial charge on any atom is 0.329 e. The van der Waals surface area contributed by atoms with Gasteiger partial charge < -0.3 is 15.0 Å². The first-order valence-corrected chi connectivity index (χ1v) is 14.2. The van der Waals surface area contributed by atoms with Crippen LogP contribution in [0.1, 0.15) is 16.7 Å². The number of methoxy groups -OCH3 is 1. The van der Waals surface area contributed by atoms with Crippen molar-refractivity contribution in [1.29, 1.82) is 0 Å². The summed E-state index contributed by atoms with van der Waals surface area (Å²) in [7, 11) is -2.60. The molecule has 4 aromatic carbocycles. The van der Waals surface area contributed by atoms with Gasteiger partial charge in [0.2, 0.25) is 5.91 Å². The first-order valence-electron chi connectivity index (χ1n) is 12.7. The Morgan fingerprint density at radius 2 is 1.38 bits per heavy atom. The highest BCUT2D eigenvalue weighted by Gasteiger charge is 2.29. The summed E-state index contributed by atoms with van der Waals surface area (Å²) in [5.74, 6) is 0.233. The van der Waals surface area contributed by atoms with Crippen LogP contribution in [0.15, 0.2) is 114 Å². The molecule has 206 valence electrons. The van der Waals surface area contributed by atoms with Gasteiger partial charge in [0.25, 0.3) is 10.0 Å². The Labute approximate surface area is 234 Å². The molecule has 0 fully saturated rings. The van der Waals surface area contributed by atoms with Gasteiger partial charge in [0.05, 0.1) is 18.6 Å². The molecule has 1 atom stereocenters. The lowest BCUT2D eigenvalue weighted by atomic mass is 10.0. The van der Waals surface area contributed by atoms with Gasteiger partial charge in [-0.05, 0) is 53.9 Å². The van der Waals surface area contributed by atoms with Gasteiger partial charge in [-0.15, -0.1) is 0 Å². The van der Waals surface area contributed by atoms with Crippen molar-refractivity contribution in [3.05, 3.63) is 126 Å². The number of rotatable bonds is 10. The average molecular weight is 558 g/mol. The molecule has 3 amide bonds. The van der Waals surface area contributed by atoms with Crippen LogP contribution in [-0.4, -0.2) is 33.5 Å². The Balaban J connectivity index is 1.65. The summed E-state index contributed by atoms with van der Waals surface area (Å²) in [6.07, 6.45) is 0.152. The fourth-order valence-corrected chi connectivity index (χ4v) is 5.45. The fraction of sp³-hybridized carbons (Fsp3) is 0.161. The van der Waals surface area contributed by atoms with Crippen molar-refractivity contribution in [2.75, 3.05) is 12.0 Å². The molecule has 0 bridgehead atoms. The second kappa shape index (κ2) is 12.9. The number of urea groups is 1. The summed E-state index contributed by atoms with van der Waals surface area (Å²) in [6, 6.07) is 30.0. The lowest BCUT2D eigenvalue weighted by Gasteiger charge is -2.28. The van der Waals surface area contributed by atoms with E-state index in [1.165, 1.54) is 6.07 Å². The molecule has 2 N–H and O–H groups in total. The molecular weight excluding hydrogens is 526 g/mol. The van der Waals surface area contributed by atoms with Gasteiger partial charge in [0.1, 0.15) is 11.8 Å². The molecule has 9 heteroatoms. The van der Waals surface area contributed by atoms with E-state index >= 15 is 0 Å². The Morgan fingerprint density at radius 1 is 0.800 bits per heavy atom.